The molecule has 55 heavy (non-hydrogen) atoms. The molecule has 0 fully saturated rings. The van der Waals surface area contributed by atoms with Gasteiger partial charge in [0.15, 0.2) is 0 Å². The minimum absolute atomic E-state index is 0.0249. The number of carboxylic acids is 1. The van der Waals surface area contributed by atoms with E-state index < -0.39 is 46.8 Å². The van der Waals surface area contributed by atoms with E-state index >= 15 is 0 Å². The van der Waals surface area contributed by atoms with Gasteiger partial charge in [-0.1, -0.05) is 140 Å². The van der Waals surface area contributed by atoms with Gasteiger partial charge in [-0.3, -0.25) is 0 Å². The molecule has 0 aliphatic heterocycles. The standard InChI is InChI=1S/C25H26F5NO2.C19H27NO2/c1-2-3-4-5-6-7-8-11-14-31-17-13-10-9-12-16(17)15-18(31)25(32)33-24-22(29)20(27)19(26)21(28)23(24)30;1-2-3-4-5-6-7-8-11-14-20-17-13-10-9-12-16(17)15-18(20)19(21)22/h9-10,12-13,15H,2-8,11,14H2,1H3;9-10,12-13,15H,2-8,11,14H2,1H3,(H,21,22). The van der Waals surface area contributed by atoms with E-state index in [1.807, 2.05) is 28.8 Å². The Morgan fingerprint density at radius 1 is 0.527 bits per heavy atom. The first-order valence-corrected chi connectivity index (χ1v) is 19.7. The molecule has 0 radical (unpaired) electrons. The van der Waals surface area contributed by atoms with Crippen LogP contribution in [0.3, 0.4) is 0 Å². The van der Waals surface area contributed by atoms with Crippen molar-refractivity contribution in [2.24, 2.45) is 0 Å². The summed E-state index contributed by atoms with van der Waals surface area (Å²) < 4.78 is 76.5. The molecule has 0 saturated heterocycles. The molecule has 0 spiro atoms. The van der Waals surface area contributed by atoms with Crippen LogP contribution < -0.4 is 4.74 Å². The number of ether oxygens (including phenoxy) is 1. The Morgan fingerprint density at radius 2 is 0.891 bits per heavy atom. The third-order valence-corrected chi connectivity index (χ3v) is 9.88. The van der Waals surface area contributed by atoms with E-state index in [-0.39, 0.29) is 5.69 Å². The molecule has 0 atom stereocenters. The minimum Gasteiger partial charge on any atom is -0.477 e. The van der Waals surface area contributed by atoms with Crippen LogP contribution in [0.15, 0.2) is 60.7 Å². The van der Waals surface area contributed by atoms with Gasteiger partial charge >= 0.3 is 11.9 Å². The molecule has 6 nitrogen and oxygen atoms in total. The maximum atomic E-state index is 14.0. The molecule has 0 amide bonds. The number of hydrogen-bond acceptors (Lipinski definition) is 3. The van der Waals surface area contributed by atoms with Crippen LogP contribution in [0.4, 0.5) is 22.0 Å². The molecule has 5 rings (SSSR count). The average Bonchev–Trinajstić information content (AvgIpc) is 3.76. The number of nitrogens with zero attached hydrogens (tertiary/aromatic N) is 2. The summed E-state index contributed by atoms with van der Waals surface area (Å²) >= 11 is 0. The lowest BCUT2D eigenvalue weighted by Gasteiger charge is -2.12. The van der Waals surface area contributed by atoms with Gasteiger partial charge in [-0.15, -0.1) is 0 Å². The van der Waals surface area contributed by atoms with Crippen LogP contribution in [0.1, 0.15) is 138 Å². The number of carbonyl (C=O) groups is 2. The summed E-state index contributed by atoms with van der Waals surface area (Å²) in [6, 6.07) is 18.3. The Balaban J connectivity index is 0.000000265. The van der Waals surface area contributed by atoms with Gasteiger partial charge in [0.25, 0.3) is 0 Å². The van der Waals surface area contributed by atoms with Crippen molar-refractivity contribution in [1.29, 1.82) is 0 Å². The smallest absolute Gasteiger partial charge is 0.360 e. The Hall–Kier alpha value is -4.67. The fourth-order valence-electron chi connectivity index (χ4n) is 6.88. The van der Waals surface area contributed by atoms with E-state index in [2.05, 4.69) is 18.6 Å². The molecular weight excluding hydrogens is 715 g/mol. The van der Waals surface area contributed by atoms with Crippen molar-refractivity contribution in [3.8, 4) is 5.75 Å². The lowest BCUT2D eigenvalue weighted by Crippen LogP contribution is -2.17. The fourth-order valence-corrected chi connectivity index (χ4v) is 6.88. The van der Waals surface area contributed by atoms with Crippen molar-refractivity contribution in [3.05, 3.63) is 101 Å². The van der Waals surface area contributed by atoms with E-state index in [4.69, 9.17) is 0 Å². The van der Waals surface area contributed by atoms with E-state index in [0.717, 1.165) is 49.6 Å². The monoisotopic (exact) mass is 768 g/mol. The zero-order valence-corrected chi connectivity index (χ0v) is 32.0. The molecular formula is C44H53F5N2O4. The highest BCUT2D eigenvalue weighted by Gasteiger charge is 2.30. The highest BCUT2D eigenvalue weighted by Crippen LogP contribution is 2.31. The van der Waals surface area contributed by atoms with Crippen LogP contribution in [0.2, 0.25) is 0 Å². The molecule has 0 bridgehead atoms. The number of carboxylic acid groups (broad SMARTS) is 1. The number of fused-ring (bicyclic) bond motifs is 2. The normalized spacial score (nSPS) is 11.3. The summed E-state index contributed by atoms with van der Waals surface area (Å²) in [6.07, 6.45) is 18.8. The number of aryl methyl sites for hydroxylation is 2. The second-order valence-electron chi connectivity index (χ2n) is 14.0. The van der Waals surface area contributed by atoms with E-state index in [9.17, 15) is 36.6 Å². The van der Waals surface area contributed by atoms with Crippen LogP contribution in [-0.2, 0) is 13.1 Å². The lowest BCUT2D eigenvalue weighted by molar-refractivity contribution is 0.0681. The third kappa shape index (κ3) is 11.7. The predicted molar refractivity (Wildman–Crippen MR) is 207 cm³/mol. The molecule has 0 aliphatic carbocycles. The minimum atomic E-state index is -2.31. The molecule has 2 heterocycles. The van der Waals surface area contributed by atoms with Crippen LogP contribution >= 0.6 is 0 Å². The maximum Gasteiger partial charge on any atom is 0.360 e. The fraction of sp³-hybridized carbons (Fsp3) is 0.455. The van der Waals surface area contributed by atoms with Crippen molar-refractivity contribution in [2.45, 2.75) is 130 Å². The predicted octanol–water partition coefficient (Wildman–Crippen LogP) is 13.2. The SMILES string of the molecule is CCCCCCCCCCn1c(C(=O)O)cc2ccccc21.CCCCCCCCCCn1c(C(=O)Oc2c(F)c(F)c(F)c(F)c2F)cc2ccccc21. The average molecular weight is 769 g/mol. The highest BCUT2D eigenvalue weighted by atomic mass is 19.2. The van der Waals surface area contributed by atoms with Crippen molar-refractivity contribution < 1.29 is 41.4 Å². The van der Waals surface area contributed by atoms with Crippen molar-refractivity contribution >= 4 is 33.7 Å². The van der Waals surface area contributed by atoms with Crippen molar-refractivity contribution in [3.63, 3.8) is 0 Å². The summed E-state index contributed by atoms with van der Waals surface area (Å²) in [6.45, 7) is 5.64. The summed E-state index contributed by atoms with van der Waals surface area (Å²) in [5.74, 6) is -14.7. The quantitative estimate of drug-likeness (QED) is 0.0201. The number of aromatic nitrogens is 2. The molecule has 2 aromatic heterocycles. The number of aromatic carboxylic acids is 1. The first-order valence-electron chi connectivity index (χ1n) is 19.7. The number of unbranched alkanes of at least 4 members (excludes halogenated alkanes) is 14. The van der Waals surface area contributed by atoms with Gasteiger partial charge < -0.3 is 19.0 Å². The van der Waals surface area contributed by atoms with E-state index in [1.54, 1.807) is 34.9 Å². The molecule has 0 unspecified atom stereocenters. The zero-order chi connectivity index (χ0) is 39.7. The first kappa shape index (κ1) is 43.1. The number of para-hydroxylation sites is 2. The van der Waals surface area contributed by atoms with Crippen LogP contribution in [0.25, 0.3) is 21.8 Å². The Morgan fingerprint density at radius 3 is 1.33 bits per heavy atom. The van der Waals surface area contributed by atoms with Gasteiger partial charge in [-0.25, -0.2) is 22.8 Å². The van der Waals surface area contributed by atoms with Gasteiger partial charge in [0.1, 0.15) is 11.4 Å². The number of benzene rings is 3. The Bertz CT molecular complexity index is 1970. The van der Waals surface area contributed by atoms with Crippen LogP contribution in [-0.4, -0.2) is 26.2 Å². The molecule has 0 aliphatic rings. The highest BCUT2D eigenvalue weighted by molar-refractivity contribution is 5.97. The van der Waals surface area contributed by atoms with Crippen molar-refractivity contribution in [2.75, 3.05) is 0 Å². The topological polar surface area (TPSA) is 73.5 Å². The molecule has 5 aromatic rings. The van der Waals surface area contributed by atoms with Gasteiger partial charge in [-0.2, -0.15) is 8.78 Å². The molecule has 1 N–H and O–H groups in total. The largest absolute Gasteiger partial charge is 0.477 e. The van der Waals surface area contributed by atoms with Crippen LogP contribution in [0, 0.1) is 29.1 Å². The second-order valence-corrected chi connectivity index (χ2v) is 14.0. The zero-order valence-electron chi connectivity index (χ0n) is 32.0. The number of halogens is 5. The van der Waals surface area contributed by atoms with Gasteiger partial charge in [0.05, 0.1) is 0 Å². The summed E-state index contributed by atoms with van der Waals surface area (Å²) in [4.78, 5) is 24.1. The lowest BCUT2D eigenvalue weighted by atomic mass is 10.1. The number of hydrogen-bond donors (Lipinski definition) is 1. The van der Waals surface area contributed by atoms with Gasteiger partial charge in [-0.05, 0) is 37.1 Å². The first-order chi connectivity index (χ1) is 26.6. The Labute approximate surface area is 320 Å². The number of rotatable bonds is 21. The van der Waals surface area contributed by atoms with Gasteiger partial charge in [0.2, 0.25) is 34.8 Å². The molecule has 11 heteroatoms. The van der Waals surface area contributed by atoms with Gasteiger partial charge in [0, 0.05) is 34.9 Å². The summed E-state index contributed by atoms with van der Waals surface area (Å²) in [5.41, 5.74) is 2.12. The molecule has 0 saturated carbocycles. The van der Waals surface area contributed by atoms with E-state index in [0.29, 0.717) is 23.1 Å². The summed E-state index contributed by atoms with van der Waals surface area (Å²) in [7, 11) is 0. The van der Waals surface area contributed by atoms with Crippen molar-refractivity contribution in [1.82, 2.24) is 9.13 Å². The molecule has 298 valence electrons. The van der Waals surface area contributed by atoms with Crippen LogP contribution in [0.5, 0.6) is 5.75 Å². The second kappa shape index (κ2) is 22.0. The van der Waals surface area contributed by atoms with E-state index in [1.165, 1.54) is 76.7 Å². The molecule has 3 aromatic carbocycles. The maximum absolute atomic E-state index is 14.0. The third-order valence-electron chi connectivity index (χ3n) is 9.88. The number of carbonyl (C=O) groups excluding carboxylic acids is 1. The Kier molecular flexibility index (Phi) is 17.2. The summed E-state index contributed by atoms with van der Waals surface area (Å²) in [5, 5.41) is 11.1. The number of esters is 1.